The van der Waals surface area contributed by atoms with Crippen molar-refractivity contribution in [1.82, 2.24) is 25.4 Å². The molecule has 0 aromatic carbocycles. The second-order valence-electron chi connectivity index (χ2n) is 12.8. The lowest BCUT2D eigenvalue weighted by atomic mass is 9.91. The van der Waals surface area contributed by atoms with E-state index in [1.54, 1.807) is 12.3 Å². The summed E-state index contributed by atoms with van der Waals surface area (Å²) in [7, 11) is 1.96. The minimum Gasteiger partial charge on any atom is -0.461 e. The highest BCUT2D eigenvalue weighted by Gasteiger charge is 2.38. The van der Waals surface area contributed by atoms with Crippen molar-refractivity contribution >= 4 is 35.2 Å². The Morgan fingerprint density at radius 1 is 1.13 bits per heavy atom. The molecule has 3 N–H and O–H groups in total. The average Bonchev–Trinajstić information content (AvgIpc) is 3.55. The molecule has 1 aliphatic heterocycles. The minimum absolute atomic E-state index is 0.0135. The maximum atomic E-state index is 14.7. The first-order valence-electron chi connectivity index (χ1n) is 17.5. The van der Waals surface area contributed by atoms with Gasteiger partial charge in [0.2, 0.25) is 11.8 Å². The fourth-order valence-corrected chi connectivity index (χ4v) is 6.74. The number of aliphatic hydroxyl groups excluding tert-OH is 1. The monoisotopic (exact) mass is 681 g/mol. The lowest BCUT2D eigenvalue weighted by Crippen LogP contribution is -2.59. The van der Waals surface area contributed by atoms with Crippen molar-refractivity contribution in [1.29, 1.82) is 0 Å². The Balaban J connectivity index is 2.48. The van der Waals surface area contributed by atoms with Gasteiger partial charge < -0.3 is 30.1 Å². The van der Waals surface area contributed by atoms with E-state index in [9.17, 15) is 24.3 Å². The fourth-order valence-electron chi connectivity index (χ4n) is 5.91. The third-order valence-electron chi connectivity index (χ3n) is 8.92. The van der Waals surface area contributed by atoms with Gasteiger partial charge in [-0.25, -0.2) is 14.6 Å². The van der Waals surface area contributed by atoms with E-state index in [1.165, 1.54) is 11.3 Å². The highest BCUT2D eigenvalue weighted by Crippen LogP contribution is 2.32. The number of carbonyl (C=O) groups is 4. The Hall–Kier alpha value is -2.77. The molecule has 0 radical (unpaired) electrons. The van der Waals surface area contributed by atoms with Crippen molar-refractivity contribution in [2.45, 2.75) is 124 Å². The number of likely N-dealkylation sites (tertiary alicyclic amines) is 1. The summed E-state index contributed by atoms with van der Waals surface area (Å²) in [5.74, 6) is -0.972. The van der Waals surface area contributed by atoms with E-state index in [4.69, 9.17) is 9.47 Å². The molecule has 1 aromatic heterocycles. The van der Waals surface area contributed by atoms with E-state index in [-0.39, 0.29) is 67.6 Å². The Morgan fingerprint density at radius 2 is 1.87 bits per heavy atom. The highest BCUT2D eigenvalue weighted by atomic mass is 32.1. The summed E-state index contributed by atoms with van der Waals surface area (Å²) in [4.78, 5) is 61.9. The molecule has 1 saturated heterocycles. The molecule has 0 bridgehead atoms. The van der Waals surface area contributed by atoms with Crippen molar-refractivity contribution < 1.29 is 33.8 Å². The largest absolute Gasteiger partial charge is 0.461 e. The van der Waals surface area contributed by atoms with Gasteiger partial charge in [-0.1, -0.05) is 66.7 Å². The molecule has 1 aliphatic rings. The summed E-state index contributed by atoms with van der Waals surface area (Å²) in [6.07, 6.45) is 5.95. The Bertz CT molecular complexity index is 1120. The summed E-state index contributed by atoms with van der Waals surface area (Å²) < 4.78 is 11.0. The molecule has 268 valence electrons. The molecular formula is C34H59N5O7S. The first-order valence-corrected chi connectivity index (χ1v) is 18.4. The van der Waals surface area contributed by atoms with Crippen LogP contribution in [-0.4, -0.2) is 102 Å². The zero-order valence-corrected chi connectivity index (χ0v) is 30.4. The van der Waals surface area contributed by atoms with Gasteiger partial charge in [0.15, 0.2) is 11.8 Å². The Morgan fingerprint density at radius 3 is 2.49 bits per heavy atom. The number of nitrogens with zero attached hydrogens (tertiary/aromatic N) is 3. The number of rotatable bonds is 20. The van der Waals surface area contributed by atoms with Crippen LogP contribution >= 0.6 is 11.3 Å². The van der Waals surface area contributed by atoms with Gasteiger partial charge in [-0.2, -0.15) is 0 Å². The molecule has 47 heavy (non-hydrogen) atoms. The fraction of sp³-hybridized carbons (Fsp3) is 0.794. The topological polar surface area (TPSA) is 150 Å². The van der Waals surface area contributed by atoms with Crippen molar-refractivity contribution in [3.05, 3.63) is 16.1 Å². The number of alkyl carbamates (subject to hydrolysis) is 1. The van der Waals surface area contributed by atoms with Gasteiger partial charge in [0.25, 0.3) is 0 Å². The zero-order chi connectivity index (χ0) is 34.9. The number of hydrogen-bond acceptors (Lipinski definition) is 10. The molecule has 0 saturated carbocycles. The van der Waals surface area contributed by atoms with Gasteiger partial charge in [-0.3, -0.25) is 14.5 Å². The normalized spacial score (nSPS) is 17.8. The number of hydrogen-bond donors (Lipinski definition) is 3. The molecule has 12 nitrogen and oxygen atoms in total. The van der Waals surface area contributed by atoms with Crippen LogP contribution in [0.4, 0.5) is 4.79 Å². The van der Waals surface area contributed by atoms with Gasteiger partial charge in [0.05, 0.1) is 19.3 Å². The minimum atomic E-state index is -0.882. The molecule has 1 fully saturated rings. The standard InChI is InChI=1S/C34H59N5O7S/c1-8-11-12-14-19-39(32(42)29(24(6)9-2)37-30(41)26-16-13-15-18-38(26)7)27(23(4)5)21-28(46-34(44)35-17-20-40)31-36-25(22-47-31)33(43)45-10-3/h22-24,26-29,40H,8-21H2,1-7H3,(H,35,44)(H,37,41)/t24?,26-,27?,28?,29?/m1/s1. The van der Waals surface area contributed by atoms with Gasteiger partial charge in [0, 0.05) is 30.9 Å². The molecule has 0 spiro atoms. The van der Waals surface area contributed by atoms with Gasteiger partial charge in [-0.05, 0) is 51.6 Å². The van der Waals surface area contributed by atoms with Crippen LogP contribution in [0.2, 0.25) is 0 Å². The summed E-state index contributed by atoms with van der Waals surface area (Å²) in [5, 5.41) is 16.9. The first kappa shape index (κ1) is 40.4. The number of aliphatic hydroxyl groups is 1. The van der Waals surface area contributed by atoms with Crippen molar-refractivity contribution in [3.8, 4) is 0 Å². The zero-order valence-electron chi connectivity index (χ0n) is 29.6. The van der Waals surface area contributed by atoms with Gasteiger partial charge >= 0.3 is 12.1 Å². The third kappa shape index (κ3) is 12.6. The summed E-state index contributed by atoms with van der Waals surface area (Å²) in [5.41, 5.74) is 0.122. The van der Waals surface area contributed by atoms with Crippen molar-refractivity contribution in [2.75, 3.05) is 39.9 Å². The van der Waals surface area contributed by atoms with Crippen LogP contribution in [0.3, 0.4) is 0 Å². The second-order valence-corrected chi connectivity index (χ2v) is 13.7. The molecule has 0 aliphatic carbocycles. The summed E-state index contributed by atoms with van der Waals surface area (Å²) in [6.45, 7) is 13.2. The molecule has 3 amide bonds. The maximum absolute atomic E-state index is 14.7. The van der Waals surface area contributed by atoms with E-state index in [0.717, 1.165) is 51.5 Å². The van der Waals surface area contributed by atoms with Crippen LogP contribution in [-0.2, 0) is 19.1 Å². The van der Waals surface area contributed by atoms with Crippen molar-refractivity contribution in [2.24, 2.45) is 11.8 Å². The predicted molar refractivity (Wildman–Crippen MR) is 183 cm³/mol. The van der Waals surface area contributed by atoms with Crippen LogP contribution in [0.1, 0.15) is 121 Å². The average molecular weight is 682 g/mol. The summed E-state index contributed by atoms with van der Waals surface area (Å²) in [6, 6.07) is -1.36. The van der Waals surface area contributed by atoms with Crippen LogP contribution in [0.15, 0.2) is 5.38 Å². The van der Waals surface area contributed by atoms with E-state index in [1.807, 2.05) is 39.6 Å². The van der Waals surface area contributed by atoms with Crippen molar-refractivity contribution in [3.63, 3.8) is 0 Å². The Kier molecular flexibility index (Phi) is 18.3. The molecular weight excluding hydrogens is 622 g/mol. The summed E-state index contributed by atoms with van der Waals surface area (Å²) >= 11 is 1.18. The van der Waals surface area contributed by atoms with E-state index >= 15 is 0 Å². The maximum Gasteiger partial charge on any atom is 0.407 e. The highest BCUT2D eigenvalue weighted by molar-refractivity contribution is 7.09. The van der Waals surface area contributed by atoms with E-state index in [2.05, 4.69) is 27.4 Å². The molecule has 5 atom stereocenters. The third-order valence-corrected chi connectivity index (χ3v) is 9.86. The smallest absolute Gasteiger partial charge is 0.407 e. The number of likely N-dealkylation sites (N-methyl/N-ethyl adjacent to an activating group) is 1. The van der Waals surface area contributed by atoms with E-state index < -0.39 is 24.2 Å². The quantitative estimate of drug-likeness (QED) is 0.129. The number of thiazole rings is 1. The molecule has 1 aromatic rings. The number of aromatic nitrogens is 1. The van der Waals surface area contributed by atoms with Gasteiger partial charge in [0.1, 0.15) is 11.0 Å². The molecule has 2 heterocycles. The predicted octanol–water partition coefficient (Wildman–Crippen LogP) is 4.92. The number of amides is 3. The van der Waals surface area contributed by atoms with Crippen LogP contribution in [0, 0.1) is 11.8 Å². The Labute approximate surface area is 285 Å². The first-order chi connectivity index (χ1) is 22.5. The molecule has 13 heteroatoms. The second kappa shape index (κ2) is 21.3. The molecule has 4 unspecified atom stereocenters. The number of nitrogens with one attached hydrogen (secondary N) is 2. The number of ether oxygens (including phenoxy) is 2. The van der Waals surface area contributed by atoms with Crippen LogP contribution in [0.5, 0.6) is 0 Å². The number of unbranched alkanes of at least 4 members (excludes halogenated alkanes) is 3. The van der Waals surface area contributed by atoms with Crippen LogP contribution < -0.4 is 10.6 Å². The van der Waals surface area contributed by atoms with Crippen LogP contribution in [0.25, 0.3) is 0 Å². The van der Waals surface area contributed by atoms with Gasteiger partial charge in [-0.15, -0.1) is 11.3 Å². The van der Waals surface area contributed by atoms with E-state index in [0.29, 0.717) is 18.0 Å². The number of esters is 1. The lowest BCUT2D eigenvalue weighted by Gasteiger charge is -2.40. The molecule has 2 rings (SSSR count). The SMILES string of the molecule is CCCCCCN(C(=O)C(NC(=O)[C@H]1CCCCN1C)C(C)CC)C(CC(OC(=O)NCCO)c1nc(C(=O)OCC)cs1)C(C)C. The number of piperidine rings is 1. The lowest BCUT2D eigenvalue weighted by molar-refractivity contribution is -0.142. The number of carbonyl (C=O) groups excluding carboxylic acids is 4.